The van der Waals surface area contributed by atoms with Crippen molar-refractivity contribution in [2.75, 3.05) is 4.90 Å². The van der Waals surface area contributed by atoms with Gasteiger partial charge in [0.05, 0.1) is 11.6 Å². The van der Waals surface area contributed by atoms with Crippen LogP contribution in [0.5, 0.6) is 0 Å². The molecule has 0 aliphatic carbocycles. The Morgan fingerprint density at radius 2 is 1.71 bits per heavy atom. The number of hydrogen-bond donors (Lipinski definition) is 1. The normalized spacial score (nSPS) is 17.2. The highest BCUT2D eigenvalue weighted by molar-refractivity contribution is 8.00. The molecule has 5 rings (SSSR count). The summed E-state index contributed by atoms with van der Waals surface area (Å²) in [6.45, 7) is 2.04. The molecule has 1 aliphatic rings. The average molecular weight is 501 g/mol. The molecule has 0 bridgehead atoms. The van der Waals surface area contributed by atoms with Gasteiger partial charge in [-0.2, -0.15) is 0 Å². The van der Waals surface area contributed by atoms with Gasteiger partial charge in [-0.1, -0.05) is 83.3 Å². The van der Waals surface area contributed by atoms with Crippen LogP contribution in [-0.4, -0.2) is 32.0 Å². The molecular formula is C26H20N4O3S2. The Morgan fingerprint density at radius 3 is 2.43 bits per heavy atom. The number of Topliss-reactive ketones (excluding diaryl/α,β-unsaturated/α-hetero) is 1. The van der Waals surface area contributed by atoms with Crippen molar-refractivity contribution >= 4 is 45.7 Å². The average Bonchev–Trinajstić information content (AvgIpc) is 3.46. The highest BCUT2D eigenvalue weighted by Crippen LogP contribution is 2.43. The number of nitrogens with zero attached hydrogens (tertiary/aromatic N) is 4. The minimum absolute atomic E-state index is 0.0106. The Kier molecular flexibility index (Phi) is 6.43. The van der Waals surface area contributed by atoms with E-state index in [-0.39, 0.29) is 11.3 Å². The monoisotopic (exact) mass is 500 g/mol. The van der Waals surface area contributed by atoms with Crippen molar-refractivity contribution in [1.29, 1.82) is 0 Å². The molecule has 1 atom stereocenters. The number of aliphatic hydroxyl groups is 1. The number of aryl methyl sites for hydroxylation is 1. The Hall–Kier alpha value is -3.82. The number of aliphatic hydroxyl groups excluding tert-OH is 1. The zero-order valence-electron chi connectivity index (χ0n) is 18.7. The van der Waals surface area contributed by atoms with E-state index in [9.17, 15) is 14.7 Å². The number of pyridine rings is 1. The van der Waals surface area contributed by atoms with E-state index in [4.69, 9.17) is 0 Å². The summed E-state index contributed by atoms with van der Waals surface area (Å²) in [7, 11) is 0. The van der Waals surface area contributed by atoms with Gasteiger partial charge in [0.15, 0.2) is 4.34 Å². The quantitative estimate of drug-likeness (QED) is 0.128. The fraction of sp³-hybridized carbons (Fsp3) is 0.115. The SMILES string of the molecule is Cc1ccc(CSc2nnc(N3C(=O)C(=O)/C(=C(/O)c4ccncc4)C3c3ccccc3)s2)cc1. The third-order valence-corrected chi connectivity index (χ3v) is 7.73. The molecule has 174 valence electrons. The van der Waals surface area contributed by atoms with Gasteiger partial charge in [-0.3, -0.25) is 19.5 Å². The van der Waals surface area contributed by atoms with E-state index in [0.29, 0.717) is 26.4 Å². The second-order valence-corrected chi connectivity index (χ2v) is 10.1. The van der Waals surface area contributed by atoms with E-state index in [1.54, 1.807) is 12.1 Å². The molecule has 7 nitrogen and oxygen atoms in total. The third kappa shape index (κ3) is 4.60. The van der Waals surface area contributed by atoms with Gasteiger partial charge in [0.2, 0.25) is 5.13 Å². The molecule has 1 aliphatic heterocycles. The molecule has 3 heterocycles. The summed E-state index contributed by atoms with van der Waals surface area (Å²) in [5.74, 6) is -1.06. The predicted octanol–water partition coefficient (Wildman–Crippen LogP) is 5.16. The number of anilines is 1. The highest BCUT2D eigenvalue weighted by atomic mass is 32.2. The predicted molar refractivity (Wildman–Crippen MR) is 136 cm³/mol. The summed E-state index contributed by atoms with van der Waals surface area (Å²) in [4.78, 5) is 31.7. The summed E-state index contributed by atoms with van der Waals surface area (Å²) < 4.78 is 0.684. The zero-order valence-corrected chi connectivity index (χ0v) is 20.3. The maximum atomic E-state index is 13.2. The van der Waals surface area contributed by atoms with Crippen LogP contribution in [0.1, 0.15) is 28.3 Å². The molecule has 0 saturated carbocycles. The fourth-order valence-electron chi connectivity index (χ4n) is 3.83. The Labute approximate surface area is 210 Å². The van der Waals surface area contributed by atoms with Crippen molar-refractivity contribution < 1.29 is 14.7 Å². The fourth-order valence-corrected chi connectivity index (χ4v) is 5.66. The first-order chi connectivity index (χ1) is 17.0. The molecule has 0 spiro atoms. The largest absolute Gasteiger partial charge is 0.507 e. The molecule has 1 N–H and O–H groups in total. The van der Waals surface area contributed by atoms with Crippen LogP contribution in [0.3, 0.4) is 0 Å². The van der Waals surface area contributed by atoms with Crippen molar-refractivity contribution in [3.8, 4) is 0 Å². The van der Waals surface area contributed by atoms with Crippen LogP contribution in [0.25, 0.3) is 5.76 Å². The van der Waals surface area contributed by atoms with Gasteiger partial charge in [0.1, 0.15) is 5.76 Å². The molecule has 1 amide bonds. The molecule has 1 saturated heterocycles. The lowest BCUT2D eigenvalue weighted by molar-refractivity contribution is -0.132. The van der Waals surface area contributed by atoms with E-state index in [1.165, 1.54) is 46.0 Å². The molecule has 0 radical (unpaired) electrons. The summed E-state index contributed by atoms with van der Waals surface area (Å²) >= 11 is 2.76. The number of carbonyl (C=O) groups excluding carboxylic acids is 2. The van der Waals surface area contributed by atoms with Crippen LogP contribution in [0, 0.1) is 6.92 Å². The van der Waals surface area contributed by atoms with Gasteiger partial charge in [-0.25, -0.2) is 0 Å². The molecule has 1 fully saturated rings. The number of thioether (sulfide) groups is 1. The molecule has 35 heavy (non-hydrogen) atoms. The van der Waals surface area contributed by atoms with Crippen molar-refractivity contribution in [2.24, 2.45) is 0 Å². The lowest BCUT2D eigenvalue weighted by atomic mass is 9.96. The Balaban J connectivity index is 1.51. The topological polar surface area (TPSA) is 96.3 Å². The zero-order chi connectivity index (χ0) is 24.4. The van der Waals surface area contributed by atoms with Gasteiger partial charge < -0.3 is 5.11 Å². The van der Waals surface area contributed by atoms with Crippen LogP contribution >= 0.6 is 23.1 Å². The number of benzene rings is 2. The van der Waals surface area contributed by atoms with E-state index in [2.05, 4.69) is 39.4 Å². The number of amides is 1. The Morgan fingerprint density at radius 1 is 1.00 bits per heavy atom. The van der Waals surface area contributed by atoms with Crippen LogP contribution in [0.4, 0.5) is 5.13 Å². The van der Waals surface area contributed by atoms with Gasteiger partial charge in [0, 0.05) is 23.7 Å². The first-order valence-electron chi connectivity index (χ1n) is 10.8. The number of rotatable bonds is 6. The number of carbonyl (C=O) groups is 2. The second-order valence-electron chi connectivity index (χ2n) is 7.94. The lowest BCUT2D eigenvalue weighted by Crippen LogP contribution is -2.29. The highest BCUT2D eigenvalue weighted by Gasteiger charge is 2.48. The lowest BCUT2D eigenvalue weighted by Gasteiger charge is -2.22. The van der Waals surface area contributed by atoms with Crippen LogP contribution in [0.15, 0.2) is 89.0 Å². The minimum Gasteiger partial charge on any atom is -0.507 e. The summed E-state index contributed by atoms with van der Waals surface area (Å²) in [5.41, 5.74) is 3.45. The van der Waals surface area contributed by atoms with Crippen LogP contribution in [-0.2, 0) is 15.3 Å². The van der Waals surface area contributed by atoms with Gasteiger partial charge in [-0.05, 0) is 30.2 Å². The van der Waals surface area contributed by atoms with Gasteiger partial charge in [-0.15, -0.1) is 10.2 Å². The first-order valence-corrected chi connectivity index (χ1v) is 12.6. The van der Waals surface area contributed by atoms with E-state index in [1.807, 2.05) is 37.3 Å². The first kappa shape index (κ1) is 22.9. The smallest absolute Gasteiger partial charge is 0.301 e. The summed E-state index contributed by atoms with van der Waals surface area (Å²) in [5, 5.41) is 19.8. The molecule has 4 aromatic rings. The molecular weight excluding hydrogens is 480 g/mol. The van der Waals surface area contributed by atoms with Crippen molar-refractivity contribution in [2.45, 2.75) is 23.1 Å². The maximum absolute atomic E-state index is 13.2. The molecule has 1 unspecified atom stereocenters. The number of ketones is 1. The van der Waals surface area contributed by atoms with Crippen LogP contribution in [0.2, 0.25) is 0 Å². The van der Waals surface area contributed by atoms with Gasteiger partial charge >= 0.3 is 5.91 Å². The van der Waals surface area contributed by atoms with Crippen molar-refractivity contribution in [3.05, 3.63) is 107 Å². The van der Waals surface area contributed by atoms with E-state index < -0.39 is 17.7 Å². The number of aromatic nitrogens is 3. The number of hydrogen-bond acceptors (Lipinski definition) is 8. The van der Waals surface area contributed by atoms with E-state index >= 15 is 0 Å². The maximum Gasteiger partial charge on any atom is 0.301 e. The van der Waals surface area contributed by atoms with E-state index in [0.717, 1.165) is 5.56 Å². The summed E-state index contributed by atoms with van der Waals surface area (Å²) in [6, 6.07) is 19.7. The molecule has 2 aromatic carbocycles. The van der Waals surface area contributed by atoms with Crippen molar-refractivity contribution in [3.63, 3.8) is 0 Å². The molecule has 2 aromatic heterocycles. The summed E-state index contributed by atoms with van der Waals surface area (Å²) in [6.07, 6.45) is 3.04. The Bertz CT molecular complexity index is 1400. The van der Waals surface area contributed by atoms with Gasteiger partial charge in [0.25, 0.3) is 5.78 Å². The third-order valence-electron chi connectivity index (χ3n) is 5.60. The van der Waals surface area contributed by atoms with Crippen LogP contribution < -0.4 is 4.90 Å². The molecule has 9 heteroatoms. The second kappa shape index (κ2) is 9.81. The minimum atomic E-state index is -0.827. The standard InChI is InChI=1S/C26H20N4O3S2/c1-16-7-9-17(10-8-16)15-34-26-29-28-25(35-26)30-21(18-5-3-2-4-6-18)20(23(32)24(30)33)22(31)19-11-13-27-14-12-19/h2-14,21,31H,15H2,1H3/b22-20+. The van der Waals surface area contributed by atoms with Crippen molar-refractivity contribution in [1.82, 2.24) is 15.2 Å².